The minimum absolute atomic E-state index is 0.499. The largest absolute Gasteiger partial charge is 0.309 e. The fraction of sp³-hybridized carbons (Fsp3) is 0.625. The maximum atomic E-state index is 4.44. The Morgan fingerprint density at radius 3 is 3.00 bits per heavy atom. The Morgan fingerprint density at radius 1 is 1.48 bits per heavy atom. The number of aromatic nitrogens is 3. The van der Waals surface area contributed by atoms with Gasteiger partial charge in [0.25, 0.3) is 0 Å². The molecule has 1 aliphatic rings. The van der Waals surface area contributed by atoms with Gasteiger partial charge in [0.2, 0.25) is 0 Å². The van der Waals surface area contributed by atoms with Crippen LogP contribution in [-0.4, -0.2) is 45.1 Å². The number of hydrogen-bond donors (Lipinski definition) is 0. The highest BCUT2D eigenvalue weighted by Gasteiger charge is 2.25. The minimum atomic E-state index is 0.499. The topological polar surface area (TPSA) is 34.0 Å². The van der Waals surface area contributed by atoms with E-state index in [2.05, 4.69) is 53.2 Å². The van der Waals surface area contributed by atoms with Gasteiger partial charge in [-0.05, 0) is 33.2 Å². The second-order valence-corrected chi connectivity index (χ2v) is 6.70. The van der Waals surface area contributed by atoms with Crippen molar-refractivity contribution in [1.82, 2.24) is 19.7 Å². The Kier molecular flexibility index (Phi) is 6.06. The molecule has 0 aliphatic carbocycles. The second kappa shape index (κ2) is 7.80. The second-order valence-electron chi connectivity index (χ2n) is 5.71. The van der Waals surface area contributed by atoms with Crippen LogP contribution in [0.2, 0.25) is 0 Å². The lowest BCUT2D eigenvalue weighted by molar-refractivity contribution is 0.217. The Balaban J connectivity index is 2.04. The predicted molar refractivity (Wildman–Crippen MR) is 89.8 cm³/mol. The molecule has 1 aromatic heterocycles. The van der Waals surface area contributed by atoms with Crippen molar-refractivity contribution in [3.05, 3.63) is 30.1 Å². The van der Waals surface area contributed by atoms with Crippen LogP contribution in [0.25, 0.3) is 0 Å². The molecule has 1 fully saturated rings. The Hall–Kier alpha value is -1.07. The fourth-order valence-corrected chi connectivity index (χ4v) is 3.45. The molecule has 1 atom stereocenters. The lowest BCUT2D eigenvalue weighted by Crippen LogP contribution is -2.36. The lowest BCUT2D eigenvalue weighted by Gasteiger charge is -2.32. The van der Waals surface area contributed by atoms with E-state index in [9.17, 15) is 0 Å². The highest BCUT2D eigenvalue weighted by Crippen LogP contribution is 2.28. The molecule has 0 N–H and O–H groups in total. The van der Waals surface area contributed by atoms with Crippen molar-refractivity contribution < 1.29 is 0 Å². The molecule has 0 spiro atoms. The van der Waals surface area contributed by atoms with Gasteiger partial charge in [-0.25, -0.2) is 0 Å². The maximum Gasteiger partial charge on any atom is 0.191 e. The van der Waals surface area contributed by atoms with Crippen molar-refractivity contribution in [2.75, 3.05) is 25.4 Å². The van der Waals surface area contributed by atoms with E-state index < -0.39 is 0 Å². The van der Waals surface area contributed by atoms with Crippen LogP contribution >= 0.6 is 11.8 Å². The van der Waals surface area contributed by atoms with E-state index in [1.54, 1.807) is 11.8 Å². The smallest absolute Gasteiger partial charge is 0.191 e. The molecule has 0 saturated carbocycles. The zero-order valence-electron chi connectivity index (χ0n) is 13.4. The molecule has 0 radical (unpaired) electrons. The third-order valence-corrected chi connectivity index (χ3v) is 5.05. The van der Waals surface area contributed by atoms with Crippen molar-refractivity contribution in [2.45, 2.75) is 37.8 Å². The molecule has 21 heavy (non-hydrogen) atoms. The minimum Gasteiger partial charge on any atom is -0.309 e. The van der Waals surface area contributed by atoms with E-state index in [0.29, 0.717) is 5.92 Å². The van der Waals surface area contributed by atoms with Crippen molar-refractivity contribution in [2.24, 2.45) is 7.05 Å². The fourth-order valence-electron chi connectivity index (χ4n) is 2.79. The monoisotopic (exact) mass is 306 g/mol. The Morgan fingerprint density at radius 2 is 2.29 bits per heavy atom. The van der Waals surface area contributed by atoms with Gasteiger partial charge in [0.1, 0.15) is 5.82 Å². The van der Waals surface area contributed by atoms with Gasteiger partial charge in [-0.3, -0.25) is 4.90 Å². The number of nitrogens with zero attached hydrogens (tertiary/aromatic N) is 4. The first kappa shape index (κ1) is 16.3. The summed E-state index contributed by atoms with van der Waals surface area (Å²) in [5.41, 5.74) is 1.44. The summed E-state index contributed by atoms with van der Waals surface area (Å²) in [6, 6.07) is 0. The number of hydrogen-bond acceptors (Lipinski definition) is 4. The van der Waals surface area contributed by atoms with Crippen LogP contribution in [0.15, 0.2) is 29.5 Å². The van der Waals surface area contributed by atoms with Crippen molar-refractivity contribution in [3.63, 3.8) is 0 Å². The summed E-state index contributed by atoms with van der Waals surface area (Å²) >= 11 is 1.70. The van der Waals surface area contributed by atoms with Crippen LogP contribution in [0, 0.1) is 0 Å². The summed E-state index contributed by atoms with van der Waals surface area (Å²) in [6.07, 6.45) is 6.56. The number of piperidine rings is 1. The average Bonchev–Trinajstić information content (AvgIpc) is 2.86. The van der Waals surface area contributed by atoms with E-state index in [-0.39, 0.29) is 0 Å². The first-order chi connectivity index (χ1) is 10.2. The number of allylic oxidation sites excluding steroid dienone is 1. The average molecular weight is 306 g/mol. The van der Waals surface area contributed by atoms with Gasteiger partial charge in [0.15, 0.2) is 5.16 Å². The summed E-state index contributed by atoms with van der Waals surface area (Å²) in [7, 11) is 2.08. The van der Waals surface area contributed by atoms with Gasteiger partial charge in [-0.1, -0.05) is 29.5 Å². The highest BCUT2D eigenvalue weighted by molar-refractivity contribution is 7.99. The van der Waals surface area contributed by atoms with E-state index >= 15 is 0 Å². The zero-order valence-corrected chi connectivity index (χ0v) is 14.2. The quantitative estimate of drug-likeness (QED) is 0.597. The third-order valence-electron chi connectivity index (χ3n) is 4.04. The first-order valence-corrected chi connectivity index (χ1v) is 8.61. The lowest BCUT2D eigenvalue weighted by atomic mass is 9.97. The van der Waals surface area contributed by atoms with Gasteiger partial charge >= 0.3 is 0 Å². The molecule has 2 rings (SSSR count). The molecule has 0 amide bonds. The first-order valence-electron chi connectivity index (χ1n) is 7.62. The molecule has 1 saturated heterocycles. The molecule has 5 heteroatoms. The van der Waals surface area contributed by atoms with Gasteiger partial charge in [-0.15, -0.1) is 16.8 Å². The van der Waals surface area contributed by atoms with Gasteiger partial charge in [0.05, 0.1) is 0 Å². The molecule has 1 aromatic rings. The number of thioether (sulfide) groups is 1. The van der Waals surface area contributed by atoms with Crippen molar-refractivity contribution in [3.8, 4) is 0 Å². The number of rotatable bonds is 6. The Labute approximate surface area is 132 Å². The number of likely N-dealkylation sites (tertiary alicyclic amines) is 1. The summed E-state index contributed by atoms with van der Waals surface area (Å²) in [5, 5.41) is 9.76. The molecule has 0 unspecified atom stereocenters. The van der Waals surface area contributed by atoms with E-state index in [1.807, 2.05) is 6.08 Å². The molecule has 0 aromatic carbocycles. The van der Waals surface area contributed by atoms with Crippen LogP contribution in [0.1, 0.15) is 38.4 Å². The molecular formula is C16H26N4S. The normalized spacial score (nSPS) is 20.7. The molecule has 0 bridgehead atoms. The van der Waals surface area contributed by atoms with E-state index in [1.165, 1.54) is 25.0 Å². The predicted octanol–water partition coefficient (Wildman–Crippen LogP) is 3.24. The van der Waals surface area contributed by atoms with Crippen LogP contribution < -0.4 is 0 Å². The van der Waals surface area contributed by atoms with Crippen molar-refractivity contribution >= 4 is 11.8 Å². The molecule has 116 valence electrons. The molecule has 4 nitrogen and oxygen atoms in total. The van der Waals surface area contributed by atoms with E-state index in [0.717, 1.165) is 29.8 Å². The van der Waals surface area contributed by atoms with Crippen LogP contribution in [0.4, 0.5) is 0 Å². The highest BCUT2D eigenvalue weighted by atomic mass is 32.2. The molecular weight excluding hydrogens is 280 g/mol. The summed E-state index contributed by atoms with van der Waals surface area (Å²) < 4.78 is 2.16. The Bertz CT molecular complexity index is 506. The standard InChI is InChI=1S/C16H26N4S/c1-5-10-21-16-18-17-15(19(16)4)14-8-7-9-20(12-14)11-13(3)6-2/h5-6,14H,1,7-12H2,2-4H3/b13-6+/t14-/m0/s1. The summed E-state index contributed by atoms with van der Waals surface area (Å²) in [4.78, 5) is 2.54. The maximum absolute atomic E-state index is 4.44. The third kappa shape index (κ3) is 4.20. The van der Waals surface area contributed by atoms with Crippen LogP contribution in [0.5, 0.6) is 0 Å². The molecule has 1 aliphatic heterocycles. The molecule has 2 heterocycles. The van der Waals surface area contributed by atoms with Gasteiger partial charge in [0, 0.05) is 31.8 Å². The van der Waals surface area contributed by atoms with Gasteiger partial charge in [-0.2, -0.15) is 0 Å². The SMILES string of the molecule is C=CCSc1nnc([C@H]2CCCN(C/C(C)=C/C)C2)n1C. The van der Waals surface area contributed by atoms with Crippen LogP contribution in [-0.2, 0) is 7.05 Å². The summed E-state index contributed by atoms with van der Waals surface area (Å²) in [5.74, 6) is 2.51. The van der Waals surface area contributed by atoms with Gasteiger partial charge < -0.3 is 4.57 Å². The zero-order chi connectivity index (χ0) is 15.2. The van der Waals surface area contributed by atoms with Crippen molar-refractivity contribution in [1.29, 1.82) is 0 Å². The van der Waals surface area contributed by atoms with Crippen LogP contribution in [0.3, 0.4) is 0 Å². The summed E-state index contributed by atoms with van der Waals surface area (Å²) in [6.45, 7) is 11.4. The van der Waals surface area contributed by atoms with E-state index in [4.69, 9.17) is 0 Å².